The number of amides is 1. The number of benzene rings is 2. The fourth-order valence-electron chi connectivity index (χ4n) is 2.18. The molecule has 4 N–H and O–H groups in total. The lowest BCUT2D eigenvalue weighted by atomic mass is 10.1. The minimum absolute atomic E-state index is 0.000450. The molecular formula is C22H28N4O6S. The highest BCUT2D eigenvalue weighted by atomic mass is 32.2. The van der Waals surface area contributed by atoms with Gasteiger partial charge in [-0.15, -0.1) is 0 Å². The number of ether oxygens (including phenoxy) is 2. The van der Waals surface area contributed by atoms with E-state index in [9.17, 15) is 18.9 Å². The van der Waals surface area contributed by atoms with Crippen molar-refractivity contribution in [1.82, 2.24) is 4.90 Å². The summed E-state index contributed by atoms with van der Waals surface area (Å²) in [4.78, 5) is 36.7. The maximum Gasteiger partial charge on any atom is 0.343 e. The normalized spacial score (nSPS) is 9.88. The molecule has 2 aromatic rings. The summed E-state index contributed by atoms with van der Waals surface area (Å²) in [6.45, 7) is -0.303. The van der Waals surface area contributed by atoms with E-state index in [1.54, 1.807) is 75.1 Å². The summed E-state index contributed by atoms with van der Waals surface area (Å²) in [6.07, 6.45) is 3.28. The van der Waals surface area contributed by atoms with E-state index in [1.165, 1.54) is 4.90 Å². The summed E-state index contributed by atoms with van der Waals surface area (Å²) in [6, 6.07) is 12.7. The molecule has 0 saturated heterocycles. The van der Waals surface area contributed by atoms with Crippen LogP contribution >= 0.6 is 0 Å². The highest BCUT2D eigenvalue weighted by Crippen LogP contribution is 2.16. The van der Waals surface area contributed by atoms with Gasteiger partial charge in [-0.2, -0.15) is 0 Å². The molecule has 0 aliphatic heterocycles. The zero-order chi connectivity index (χ0) is 25.0. The number of nitrogens with one attached hydrogen (secondary N) is 2. The van der Waals surface area contributed by atoms with Crippen LogP contribution in [0.1, 0.15) is 15.9 Å². The molecule has 11 heteroatoms. The molecule has 0 atom stereocenters. The first kappa shape index (κ1) is 27.5. The van der Waals surface area contributed by atoms with Gasteiger partial charge >= 0.3 is 11.9 Å². The Balaban J connectivity index is 0.00000125. The summed E-state index contributed by atoms with van der Waals surface area (Å²) in [5, 5.41) is 9.78. The molecular weight excluding hydrogens is 448 g/mol. The predicted octanol–water partition coefficient (Wildman–Crippen LogP) is 1.38. The first-order valence-electron chi connectivity index (χ1n) is 9.61. The van der Waals surface area contributed by atoms with Gasteiger partial charge in [-0.1, -0.05) is 23.3 Å². The van der Waals surface area contributed by atoms with E-state index in [1.807, 2.05) is 0 Å². The van der Waals surface area contributed by atoms with Gasteiger partial charge in [-0.25, -0.2) is 4.79 Å². The van der Waals surface area contributed by atoms with Crippen LogP contribution in [-0.2, 0) is 31.9 Å². The van der Waals surface area contributed by atoms with Crippen LogP contribution in [0.5, 0.6) is 5.75 Å². The highest BCUT2D eigenvalue weighted by Gasteiger charge is 2.12. The van der Waals surface area contributed by atoms with E-state index in [-0.39, 0.29) is 24.9 Å². The molecule has 0 spiro atoms. The topological polar surface area (TPSA) is 158 Å². The Hall–Kier alpha value is -3.57. The Kier molecular flexibility index (Phi) is 11.5. The van der Waals surface area contributed by atoms with Crippen molar-refractivity contribution < 1.29 is 28.4 Å². The summed E-state index contributed by atoms with van der Waals surface area (Å²) in [5.74, 6) is -1.25. The van der Waals surface area contributed by atoms with Gasteiger partial charge in [-0.3, -0.25) is 15.0 Å². The third-order valence-electron chi connectivity index (χ3n) is 3.74. The standard InChI is InChI=1S/C20H22N4O5.C2H6OS/c1-24(2)17(25)12-28-18(26)11-13-3-9-16(10-4-13)29-19(27)14-5-7-15(8-6-14)23-20(21)22;1-4(2)3/h3-10H,11-12H2,1-2H3,(H4,21,22,23);1-2H3. The molecule has 2 rings (SSSR count). The number of hydrogen-bond acceptors (Lipinski definition) is 7. The van der Waals surface area contributed by atoms with Crippen molar-refractivity contribution in [2.75, 3.05) is 38.5 Å². The second kappa shape index (κ2) is 13.8. The van der Waals surface area contributed by atoms with Gasteiger partial charge in [0.1, 0.15) is 5.75 Å². The molecule has 1 amide bonds. The largest absolute Gasteiger partial charge is 0.617 e. The molecule has 0 saturated carbocycles. The summed E-state index contributed by atoms with van der Waals surface area (Å²) < 4.78 is 19.8. The quantitative estimate of drug-likeness (QED) is 0.178. The van der Waals surface area contributed by atoms with Crippen LogP contribution in [0.15, 0.2) is 48.5 Å². The zero-order valence-corrected chi connectivity index (χ0v) is 19.7. The third-order valence-corrected chi connectivity index (χ3v) is 3.74. The Labute approximate surface area is 195 Å². The SMILES string of the molecule is CN(C)C(=O)COC(=O)Cc1ccc(OC(=O)c2ccc(NC(=N)N)cc2)cc1.C[S+](C)[O-]. The summed E-state index contributed by atoms with van der Waals surface area (Å²) >= 11 is -0.611. The number of rotatable bonds is 7. The van der Waals surface area contributed by atoms with Crippen LogP contribution in [0.4, 0.5) is 5.69 Å². The Bertz CT molecular complexity index is 944. The molecule has 0 heterocycles. The molecule has 0 aliphatic rings. The van der Waals surface area contributed by atoms with Crippen molar-refractivity contribution in [1.29, 1.82) is 5.41 Å². The molecule has 33 heavy (non-hydrogen) atoms. The fourth-order valence-corrected chi connectivity index (χ4v) is 2.18. The van der Waals surface area contributed by atoms with Gasteiger partial charge in [-0.05, 0) is 42.0 Å². The van der Waals surface area contributed by atoms with Crippen LogP contribution in [0, 0.1) is 5.41 Å². The fraction of sp³-hybridized carbons (Fsp3) is 0.273. The Morgan fingerprint density at radius 3 is 2.09 bits per heavy atom. The van der Waals surface area contributed by atoms with Crippen LogP contribution in [0.25, 0.3) is 0 Å². The van der Waals surface area contributed by atoms with E-state index in [0.29, 0.717) is 22.6 Å². The summed E-state index contributed by atoms with van der Waals surface area (Å²) in [5.41, 5.74) is 6.81. The first-order chi connectivity index (χ1) is 15.5. The Morgan fingerprint density at radius 1 is 1.06 bits per heavy atom. The number of hydrogen-bond donors (Lipinski definition) is 3. The lowest BCUT2D eigenvalue weighted by Crippen LogP contribution is -2.27. The molecule has 0 unspecified atom stereocenters. The van der Waals surface area contributed by atoms with E-state index >= 15 is 0 Å². The number of carbonyl (C=O) groups excluding carboxylic acids is 3. The van der Waals surface area contributed by atoms with Gasteiger partial charge < -0.3 is 30.0 Å². The first-order valence-corrected chi connectivity index (χ1v) is 11.6. The minimum Gasteiger partial charge on any atom is -0.617 e. The molecule has 0 aromatic heterocycles. The monoisotopic (exact) mass is 476 g/mol. The smallest absolute Gasteiger partial charge is 0.343 e. The van der Waals surface area contributed by atoms with Crippen molar-refractivity contribution in [2.24, 2.45) is 5.73 Å². The van der Waals surface area contributed by atoms with E-state index in [2.05, 4.69) is 5.32 Å². The maximum absolute atomic E-state index is 12.2. The van der Waals surface area contributed by atoms with Crippen molar-refractivity contribution in [3.05, 3.63) is 59.7 Å². The van der Waals surface area contributed by atoms with E-state index in [4.69, 9.17) is 20.6 Å². The number of nitrogens with zero attached hydrogens (tertiary/aromatic N) is 1. The number of esters is 2. The van der Waals surface area contributed by atoms with Gasteiger partial charge in [0, 0.05) is 19.8 Å². The third kappa shape index (κ3) is 11.6. The zero-order valence-electron chi connectivity index (χ0n) is 18.9. The van der Waals surface area contributed by atoms with Crippen LogP contribution < -0.4 is 15.8 Å². The number of guanidine groups is 1. The lowest BCUT2D eigenvalue weighted by molar-refractivity contribution is -0.150. The van der Waals surface area contributed by atoms with Crippen LogP contribution in [0.3, 0.4) is 0 Å². The molecule has 0 fully saturated rings. The highest BCUT2D eigenvalue weighted by molar-refractivity contribution is 7.89. The molecule has 10 nitrogen and oxygen atoms in total. The van der Waals surface area contributed by atoms with E-state index < -0.39 is 23.1 Å². The number of carbonyl (C=O) groups is 3. The van der Waals surface area contributed by atoms with Crippen molar-refractivity contribution in [2.45, 2.75) is 6.42 Å². The van der Waals surface area contributed by atoms with Crippen molar-refractivity contribution >= 4 is 40.7 Å². The van der Waals surface area contributed by atoms with Gasteiger partial charge in [0.05, 0.1) is 24.5 Å². The van der Waals surface area contributed by atoms with E-state index in [0.717, 1.165) is 0 Å². The second-order valence-corrected chi connectivity index (χ2v) is 8.50. The van der Waals surface area contributed by atoms with Gasteiger partial charge in [0.25, 0.3) is 5.91 Å². The average Bonchev–Trinajstić information content (AvgIpc) is 2.73. The predicted molar refractivity (Wildman–Crippen MR) is 127 cm³/mol. The Morgan fingerprint density at radius 2 is 1.61 bits per heavy atom. The molecule has 0 aliphatic carbocycles. The molecule has 0 radical (unpaired) electrons. The van der Waals surface area contributed by atoms with Crippen molar-refractivity contribution in [3.63, 3.8) is 0 Å². The molecule has 0 bridgehead atoms. The van der Waals surface area contributed by atoms with Gasteiger partial charge in [0.15, 0.2) is 12.6 Å². The lowest BCUT2D eigenvalue weighted by Gasteiger charge is -2.10. The van der Waals surface area contributed by atoms with Crippen LogP contribution in [-0.4, -0.2) is 66.5 Å². The number of anilines is 1. The van der Waals surface area contributed by atoms with Gasteiger partial charge in [0.2, 0.25) is 0 Å². The average molecular weight is 477 g/mol. The molecule has 2 aromatic carbocycles. The minimum atomic E-state index is -0.611. The maximum atomic E-state index is 12.2. The van der Waals surface area contributed by atoms with Crippen LogP contribution in [0.2, 0.25) is 0 Å². The molecule has 178 valence electrons. The second-order valence-electron chi connectivity index (χ2n) is 7.02. The van der Waals surface area contributed by atoms with Crippen molar-refractivity contribution in [3.8, 4) is 5.75 Å². The number of likely N-dealkylation sites (N-methyl/N-ethyl adjacent to an activating group) is 1. The summed E-state index contributed by atoms with van der Waals surface area (Å²) in [7, 11) is 3.15. The number of nitrogens with two attached hydrogens (primary N) is 1.